The number of amides is 1. The topological polar surface area (TPSA) is 49.9 Å². The van der Waals surface area contributed by atoms with Gasteiger partial charge in [-0.3, -0.25) is 14.5 Å². The minimum Gasteiger partial charge on any atom is -0.464 e. The van der Waals surface area contributed by atoms with Gasteiger partial charge in [0.15, 0.2) is 0 Å². The third-order valence-electron chi connectivity index (χ3n) is 4.80. The second kappa shape index (κ2) is 5.12. The fourth-order valence-corrected chi connectivity index (χ4v) is 3.98. The Kier molecular flexibility index (Phi) is 3.48. The molecule has 3 saturated heterocycles. The molecule has 0 unspecified atom stereocenters. The van der Waals surface area contributed by atoms with Crippen LogP contribution in [0.4, 0.5) is 0 Å². The van der Waals surface area contributed by atoms with Gasteiger partial charge in [-0.05, 0) is 32.2 Å². The lowest BCUT2D eigenvalue weighted by molar-refractivity contribution is -0.143. The van der Waals surface area contributed by atoms with Gasteiger partial charge >= 0.3 is 5.97 Å². The molecule has 19 heavy (non-hydrogen) atoms. The number of esters is 1. The summed E-state index contributed by atoms with van der Waals surface area (Å²) >= 11 is 0. The molecule has 0 spiro atoms. The van der Waals surface area contributed by atoms with Gasteiger partial charge in [0.1, 0.15) is 6.04 Å². The van der Waals surface area contributed by atoms with Crippen molar-refractivity contribution in [2.45, 2.75) is 57.2 Å². The quantitative estimate of drug-likeness (QED) is 0.693. The maximum Gasteiger partial charge on any atom is 0.323 e. The van der Waals surface area contributed by atoms with Crippen LogP contribution in [0, 0.1) is 0 Å². The summed E-state index contributed by atoms with van der Waals surface area (Å²) in [6.07, 6.45) is 5.18. The fourth-order valence-electron chi connectivity index (χ4n) is 3.98. The van der Waals surface area contributed by atoms with Crippen LogP contribution < -0.4 is 0 Å². The normalized spacial score (nSPS) is 35.9. The molecule has 0 bridgehead atoms. The second-order valence-corrected chi connectivity index (χ2v) is 5.84. The largest absolute Gasteiger partial charge is 0.464 e. The smallest absolute Gasteiger partial charge is 0.323 e. The Morgan fingerprint density at radius 1 is 1.16 bits per heavy atom. The Labute approximate surface area is 113 Å². The molecule has 5 heteroatoms. The number of nitrogens with zero attached hydrogens (tertiary/aromatic N) is 2. The van der Waals surface area contributed by atoms with Gasteiger partial charge in [0.25, 0.3) is 0 Å². The van der Waals surface area contributed by atoms with Crippen LogP contribution in [0.15, 0.2) is 0 Å². The number of ether oxygens (including phenoxy) is 1. The number of rotatable bonds is 2. The van der Waals surface area contributed by atoms with E-state index in [2.05, 4.69) is 4.90 Å². The number of hydrogen-bond donors (Lipinski definition) is 0. The van der Waals surface area contributed by atoms with Crippen LogP contribution in [0.5, 0.6) is 0 Å². The van der Waals surface area contributed by atoms with Crippen LogP contribution in [0.2, 0.25) is 0 Å². The lowest BCUT2D eigenvalue weighted by Gasteiger charge is -2.36. The molecule has 3 rings (SSSR count). The Balaban J connectivity index is 1.75. The zero-order valence-electron chi connectivity index (χ0n) is 11.5. The van der Waals surface area contributed by atoms with Crippen molar-refractivity contribution in [1.29, 1.82) is 0 Å². The second-order valence-electron chi connectivity index (χ2n) is 5.84. The summed E-state index contributed by atoms with van der Waals surface area (Å²) in [7, 11) is 0. The van der Waals surface area contributed by atoms with Crippen LogP contribution in [0.1, 0.15) is 39.0 Å². The zero-order chi connectivity index (χ0) is 13.4. The highest BCUT2D eigenvalue weighted by molar-refractivity contribution is 5.77. The third-order valence-corrected chi connectivity index (χ3v) is 4.80. The molecule has 5 nitrogen and oxygen atoms in total. The molecule has 3 aliphatic rings. The minimum atomic E-state index is -0.0701. The molecule has 0 saturated carbocycles. The molecule has 0 aromatic carbocycles. The van der Waals surface area contributed by atoms with E-state index in [1.54, 1.807) is 6.92 Å². The minimum absolute atomic E-state index is 0.0677. The van der Waals surface area contributed by atoms with Crippen LogP contribution >= 0.6 is 0 Å². The summed E-state index contributed by atoms with van der Waals surface area (Å²) in [5, 5.41) is 0. The average molecular weight is 266 g/mol. The average Bonchev–Trinajstić information content (AvgIpc) is 3.06. The van der Waals surface area contributed by atoms with E-state index in [0.717, 1.165) is 45.2 Å². The molecule has 0 aromatic rings. The van der Waals surface area contributed by atoms with Crippen molar-refractivity contribution in [2.24, 2.45) is 0 Å². The van der Waals surface area contributed by atoms with Crippen molar-refractivity contribution in [2.75, 3.05) is 19.7 Å². The van der Waals surface area contributed by atoms with Gasteiger partial charge in [0.05, 0.1) is 6.61 Å². The fraction of sp³-hybridized carbons (Fsp3) is 0.857. The van der Waals surface area contributed by atoms with Gasteiger partial charge in [0.2, 0.25) is 5.91 Å². The first kappa shape index (κ1) is 12.9. The molecular weight excluding hydrogens is 244 g/mol. The Bertz CT molecular complexity index is 385. The number of likely N-dealkylation sites (tertiary alicyclic amines) is 2. The summed E-state index contributed by atoms with van der Waals surface area (Å²) in [6.45, 7) is 4.04. The van der Waals surface area contributed by atoms with E-state index < -0.39 is 0 Å². The SMILES string of the molecule is CC(=O)N1CCC[C@@H]1[C@@H]1CCCN1[C@@H]1CCOC1=O. The van der Waals surface area contributed by atoms with Crippen LogP contribution in [-0.2, 0) is 14.3 Å². The van der Waals surface area contributed by atoms with Crippen molar-refractivity contribution >= 4 is 11.9 Å². The van der Waals surface area contributed by atoms with Crippen molar-refractivity contribution in [3.05, 3.63) is 0 Å². The van der Waals surface area contributed by atoms with Gasteiger partial charge < -0.3 is 9.64 Å². The van der Waals surface area contributed by atoms with Gasteiger partial charge in [-0.25, -0.2) is 0 Å². The molecule has 3 heterocycles. The van der Waals surface area contributed by atoms with Gasteiger partial charge in [-0.2, -0.15) is 0 Å². The monoisotopic (exact) mass is 266 g/mol. The molecule has 3 aliphatic heterocycles. The summed E-state index contributed by atoms with van der Waals surface area (Å²) < 4.78 is 5.10. The lowest BCUT2D eigenvalue weighted by Crippen LogP contribution is -2.51. The molecule has 106 valence electrons. The van der Waals surface area contributed by atoms with E-state index in [9.17, 15) is 9.59 Å². The van der Waals surface area contributed by atoms with Gasteiger partial charge in [-0.15, -0.1) is 0 Å². The molecule has 0 N–H and O–H groups in total. The summed E-state index contributed by atoms with van der Waals surface area (Å²) in [4.78, 5) is 27.8. The number of cyclic esters (lactones) is 1. The molecular formula is C14H22N2O3. The zero-order valence-corrected chi connectivity index (χ0v) is 11.5. The first-order valence-electron chi connectivity index (χ1n) is 7.38. The first-order chi connectivity index (χ1) is 9.18. The lowest BCUT2D eigenvalue weighted by atomic mass is 10.0. The highest BCUT2D eigenvalue weighted by Gasteiger charge is 2.44. The van der Waals surface area contributed by atoms with Crippen LogP contribution in [0.25, 0.3) is 0 Å². The number of carbonyl (C=O) groups is 2. The third kappa shape index (κ3) is 2.24. The molecule has 3 fully saturated rings. The van der Waals surface area contributed by atoms with E-state index >= 15 is 0 Å². The summed E-state index contributed by atoms with van der Waals surface area (Å²) in [6, 6.07) is 0.581. The van der Waals surface area contributed by atoms with Crippen LogP contribution in [-0.4, -0.2) is 59.5 Å². The predicted octanol–water partition coefficient (Wildman–Crippen LogP) is 0.777. The van der Waals surface area contributed by atoms with Crippen molar-refractivity contribution < 1.29 is 14.3 Å². The highest BCUT2D eigenvalue weighted by Crippen LogP contribution is 2.33. The highest BCUT2D eigenvalue weighted by atomic mass is 16.5. The van der Waals surface area contributed by atoms with Crippen molar-refractivity contribution in [3.8, 4) is 0 Å². The maximum absolute atomic E-state index is 11.8. The van der Waals surface area contributed by atoms with E-state index in [-0.39, 0.29) is 17.9 Å². The molecule has 0 aromatic heterocycles. The van der Waals surface area contributed by atoms with E-state index in [4.69, 9.17) is 4.74 Å². The Morgan fingerprint density at radius 3 is 2.58 bits per heavy atom. The standard InChI is InChI=1S/C14H22N2O3/c1-10(17)15-7-2-4-11(15)12-5-3-8-16(12)13-6-9-19-14(13)18/h11-13H,2-9H2,1H3/t11-,12+,13-/m1/s1. The van der Waals surface area contributed by atoms with Crippen LogP contribution in [0.3, 0.4) is 0 Å². The predicted molar refractivity (Wildman–Crippen MR) is 69.5 cm³/mol. The van der Waals surface area contributed by atoms with Gasteiger partial charge in [0, 0.05) is 32.0 Å². The summed E-state index contributed by atoms with van der Waals surface area (Å²) in [5.74, 6) is 0.0996. The number of hydrogen-bond acceptors (Lipinski definition) is 4. The Hall–Kier alpha value is -1.10. The molecule has 0 radical (unpaired) electrons. The molecule has 0 aliphatic carbocycles. The van der Waals surface area contributed by atoms with Crippen molar-refractivity contribution in [1.82, 2.24) is 9.80 Å². The summed E-state index contributed by atoms with van der Waals surface area (Å²) in [5.41, 5.74) is 0. The molecule has 3 atom stereocenters. The van der Waals surface area contributed by atoms with E-state index in [0.29, 0.717) is 18.7 Å². The van der Waals surface area contributed by atoms with E-state index in [1.165, 1.54) is 0 Å². The maximum atomic E-state index is 11.8. The van der Waals surface area contributed by atoms with Crippen molar-refractivity contribution in [3.63, 3.8) is 0 Å². The number of carbonyl (C=O) groups excluding carboxylic acids is 2. The van der Waals surface area contributed by atoms with Gasteiger partial charge in [-0.1, -0.05) is 0 Å². The molecule has 1 amide bonds. The Morgan fingerprint density at radius 2 is 1.89 bits per heavy atom. The van der Waals surface area contributed by atoms with E-state index in [1.807, 2.05) is 4.90 Å². The first-order valence-corrected chi connectivity index (χ1v) is 7.38.